The Labute approximate surface area is 215 Å². The second-order valence-electron chi connectivity index (χ2n) is 9.45. The van der Waals surface area contributed by atoms with Gasteiger partial charge in [0.05, 0.1) is 25.3 Å². The number of benzene rings is 4. The number of anilines is 1. The van der Waals surface area contributed by atoms with Crippen molar-refractivity contribution in [1.82, 2.24) is 0 Å². The van der Waals surface area contributed by atoms with Crippen molar-refractivity contribution in [3.8, 4) is 17.9 Å². The first kappa shape index (κ1) is 22.6. The first-order valence-corrected chi connectivity index (χ1v) is 12.2. The zero-order valence-electron chi connectivity index (χ0n) is 20.2. The number of nitriles is 2. The third-order valence-electron chi connectivity index (χ3n) is 7.69. The summed E-state index contributed by atoms with van der Waals surface area (Å²) in [6.07, 6.45) is 3.92. The zero-order valence-corrected chi connectivity index (χ0v) is 20.2. The van der Waals surface area contributed by atoms with Gasteiger partial charge in [0.25, 0.3) is 0 Å². The Hall–Kier alpha value is -4.87. The van der Waals surface area contributed by atoms with Crippen molar-refractivity contribution in [2.45, 2.75) is 18.0 Å². The van der Waals surface area contributed by atoms with Crippen LogP contribution in [0, 0.1) is 28.1 Å². The quantitative estimate of drug-likeness (QED) is 0.328. The molecule has 5 nitrogen and oxygen atoms in total. The molecule has 4 aromatic rings. The van der Waals surface area contributed by atoms with Crippen LogP contribution in [0.4, 0.5) is 5.69 Å². The standard InChI is InChI=1S/C32H23N3O2/c1-37-24-12-7-11-23(18-24)29-30(31(36)22-9-3-2-4-10-22)35-27-16-14-21-8-5-6-13-25(21)26(27)15-17-28(35)32(29,19-33)20-34/h2-18,28-30H,1H3/t28-,29-,30-/m1/s1. The van der Waals surface area contributed by atoms with E-state index in [1.807, 2.05) is 83.8 Å². The molecule has 0 aromatic heterocycles. The van der Waals surface area contributed by atoms with Crippen LogP contribution >= 0.6 is 0 Å². The van der Waals surface area contributed by atoms with Gasteiger partial charge in [-0.1, -0.05) is 84.9 Å². The summed E-state index contributed by atoms with van der Waals surface area (Å²) < 4.78 is 5.48. The summed E-state index contributed by atoms with van der Waals surface area (Å²) in [5.74, 6) is -0.224. The average molecular weight is 482 g/mol. The minimum Gasteiger partial charge on any atom is -0.497 e. The smallest absolute Gasteiger partial charge is 0.185 e. The Morgan fingerprint density at radius 2 is 1.68 bits per heavy atom. The molecular formula is C32H23N3O2. The Morgan fingerprint density at radius 1 is 0.919 bits per heavy atom. The van der Waals surface area contributed by atoms with E-state index in [0.717, 1.165) is 27.6 Å². The number of ether oxygens (including phenoxy) is 1. The topological polar surface area (TPSA) is 77.1 Å². The molecule has 0 bridgehead atoms. The minimum atomic E-state index is -1.50. The third kappa shape index (κ3) is 3.25. The highest BCUT2D eigenvalue weighted by molar-refractivity contribution is 6.06. The lowest BCUT2D eigenvalue weighted by Crippen LogP contribution is -2.44. The molecule has 178 valence electrons. The number of fused-ring (bicyclic) bond motifs is 5. The maximum absolute atomic E-state index is 14.3. The largest absolute Gasteiger partial charge is 0.497 e. The number of hydrogen-bond donors (Lipinski definition) is 0. The molecule has 6 rings (SSSR count). The van der Waals surface area contributed by atoms with Crippen LogP contribution in [0.25, 0.3) is 16.8 Å². The second kappa shape index (κ2) is 8.66. The number of carbonyl (C=O) groups excluding carboxylic acids is 1. The third-order valence-corrected chi connectivity index (χ3v) is 7.69. The van der Waals surface area contributed by atoms with E-state index in [1.54, 1.807) is 19.2 Å². The van der Waals surface area contributed by atoms with Gasteiger partial charge in [-0.25, -0.2) is 0 Å². The highest BCUT2D eigenvalue weighted by atomic mass is 16.5. The number of nitrogens with zero attached hydrogens (tertiary/aromatic N) is 3. The van der Waals surface area contributed by atoms with Crippen LogP contribution in [-0.4, -0.2) is 25.0 Å². The van der Waals surface area contributed by atoms with Crippen LogP contribution in [0.5, 0.6) is 5.75 Å². The first-order valence-electron chi connectivity index (χ1n) is 12.2. The summed E-state index contributed by atoms with van der Waals surface area (Å²) in [4.78, 5) is 16.3. The van der Waals surface area contributed by atoms with Crippen LogP contribution in [0.15, 0.2) is 97.1 Å². The van der Waals surface area contributed by atoms with Gasteiger partial charge in [0, 0.05) is 22.7 Å². The normalized spacial score (nSPS) is 20.9. The molecule has 2 heterocycles. The van der Waals surface area contributed by atoms with E-state index in [-0.39, 0.29) is 5.78 Å². The van der Waals surface area contributed by atoms with E-state index in [0.29, 0.717) is 11.3 Å². The van der Waals surface area contributed by atoms with Crippen molar-refractivity contribution in [3.05, 3.63) is 114 Å². The number of ketones is 1. The molecule has 1 fully saturated rings. The fourth-order valence-corrected chi connectivity index (χ4v) is 6.03. The van der Waals surface area contributed by atoms with Crippen molar-refractivity contribution in [2.24, 2.45) is 5.41 Å². The molecule has 0 saturated carbocycles. The lowest BCUT2D eigenvalue weighted by molar-refractivity contribution is 0.0951. The Kier molecular flexibility index (Phi) is 5.29. The molecule has 1 saturated heterocycles. The molecule has 2 aliphatic rings. The zero-order chi connectivity index (χ0) is 25.6. The van der Waals surface area contributed by atoms with E-state index >= 15 is 0 Å². The first-order chi connectivity index (χ1) is 18.1. The summed E-state index contributed by atoms with van der Waals surface area (Å²) in [5.41, 5.74) is 1.60. The summed E-state index contributed by atoms with van der Waals surface area (Å²) in [6, 6.07) is 32.0. The van der Waals surface area contributed by atoms with Crippen molar-refractivity contribution >= 4 is 28.3 Å². The van der Waals surface area contributed by atoms with Crippen LogP contribution in [0.3, 0.4) is 0 Å². The van der Waals surface area contributed by atoms with Gasteiger partial charge in [0.15, 0.2) is 11.2 Å². The molecule has 37 heavy (non-hydrogen) atoms. The molecule has 0 aliphatic carbocycles. The second-order valence-corrected chi connectivity index (χ2v) is 9.45. The van der Waals surface area contributed by atoms with Crippen molar-refractivity contribution < 1.29 is 9.53 Å². The van der Waals surface area contributed by atoms with Crippen molar-refractivity contribution in [1.29, 1.82) is 10.5 Å². The molecule has 0 radical (unpaired) electrons. The van der Waals surface area contributed by atoms with Crippen molar-refractivity contribution in [2.75, 3.05) is 12.0 Å². The van der Waals surface area contributed by atoms with Crippen LogP contribution in [0.2, 0.25) is 0 Å². The lowest BCUT2D eigenvalue weighted by Gasteiger charge is -2.36. The minimum absolute atomic E-state index is 0.125. The summed E-state index contributed by atoms with van der Waals surface area (Å²) in [6.45, 7) is 0. The highest BCUT2D eigenvalue weighted by Gasteiger charge is 2.63. The number of methoxy groups -OCH3 is 1. The molecule has 3 atom stereocenters. The van der Waals surface area contributed by atoms with Gasteiger partial charge >= 0.3 is 0 Å². The van der Waals surface area contributed by atoms with E-state index in [9.17, 15) is 15.3 Å². The molecule has 0 N–H and O–H groups in total. The predicted octanol–water partition coefficient (Wildman–Crippen LogP) is 6.13. The van der Waals surface area contributed by atoms with E-state index in [2.05, 4.69) is 24.3 Å². The molecule has 4 aromatic carbocycles. The van der Waals surface area contributed by atoms with Crippen molar-refractivity contribution in [3.63, 3.8) is 0 Å². The predicted molar refractivity (Wildman–Crippen MR) is 143 cm³/mol. The van der Waals surface area contributed by atoms with Gasteiger partial charge in [-0.3, -0.25) is 4.79 Å². The maximum Gasteiger partial charge on any atom is 0.185 e. The van der Waals surface area contributed by atoms with E-state index < -0.39 is 23.4 Å². The van der Waals surface area contributed by atoms with Gasteiger partial charge in [-0.05, 0) is 34.5 Å². The number of rotatable bonds is 4. The SMILES string of the molecule is COc1cccc([C@@H]2[C@H](C(=O)c3ccccc3)N3c4ccc5ccccc5c4C=C[C@@H]3C2(C#N)C#N)c1. The maximum atomic E-state index is 14.3. The van der Waals surface area contributed by atoms with Gasteiger partial charge in [0.2, 0.25) is 0 Å². The number of hydrogen-bond acceptors (Lipinski definition) is 5. The van der Waals surface area contributed by atoms with Crippen LogP contribution in [-0.2, 0) is 0 Å². The molecule has 0 unspecified atom stereocenters. The summed E-state index contributed by atoms with van der Waals surface area (Å²) >= 11 is 0. The molecule has 0 amide bonds. The Morgan fingerprint density at radius 3 is 2.43 bits per heavy atom. The van der Waals surface area contributed by atoms with E-state index in [4.69, 9.17) is 4.74 Å². The average Bonchev–Trinajstić information content (AvgIpc) is 3.28. The monoisotopic (exact) mass is 481 g/mol. The molecule has 0 spiro atoms. The summed E-state index contributed by atoms with van der Waals surface area (Å²) in [7, 11) is 1.58. The number of carbonyl (C=O) groups is 1. The van der Waals surface area contributed by atoms with Crippen LogP contribution < -0.4 is 9.64 Å². The summed E-state index contributed by atoms with van der Waals surface area (Å²) in [5, 5.41) is 23.4. The van der Waals surface area contributed by atoms with Gasteiger partial charge in [-0.2, -0.15) is 10.5 Å². The fraction of sp³-hybridized carbons (Fsp3) is 0.156. The molecule has 2 aliphatic heterocycles. The van der Waals surface area contributed by atoms with Gasteiger partial charge in [-0.15, -0.1) is 0 Å². The molecule has 5 heteroatoms. The van der Waals surface area contributed by atoms with E-state index in [1.165, 1.54) is 0 Å². The van der Waals surface area contributed by atoms with Gasteiger partial charge in [0.1, 0.15) is 11.8 Å². The Balaban J connectivity index is 1.65. The highest BCUT2D eigenvalue weighted by Crippen LogP contribution is 2.56. The molecular weight excluding hydrogens is 458 g/mol. The van der Waals surface area contributed by atoms with Crippen LogP contribution in [0.1, 0.15) is 27.4 Å². The Bertz CT molecular complexity index is 1630. The lowest BCUT2D eigenvalue weighted by atomic mass is 9.69. The number of Topliss-reactive ketones (excluding diaryl/α,β-unsaturated/α-hetero) is 1. The fourth-order valence-electron chi connectivity index (χ4n) is 6.03. The van der Waals surface area contributed by atoms with Gasteiger partial charge < -0.3 is 9.64 Å².